The van der Waals surface area contributed by atoms with E-state index in [9.17, 15) is 19.7 Å². The van der Waals surface area contributed by atoms with Crippen LogP contribution in [-0.2, 0) is 9.59 Å². The minimum Gasteiger partial charge on any atom is -0.481 e. The molecule has 23 heavy (non-hydrogen) atoms. The Balaban J connectivity index is 2.45. The van der Waals surface area contributed by atoms with Crippen LogP contribution in [0.5, 0.6) is 0 Å². The topological polar surface area (TPSA) is 122 Å². The monoisotopic (exact) mass is 323 g/mol. The predicted molar refractivity (Wildman–Crippen MR) is 86.6 cm³/mol. The molecule has 1 rings (SSSR count). The van der Waals surface area contributed by atoms with Gasteiger partial charge in [0, 0.05) is 32.0 Å². The van der Waals surface area contributed by atoms with Crippen LogP contribution < -0.4 is 10.6 Å². The first kappa shape index (κ1) is 18.4. The zero-order chi connectivity index (χ0) is 17.2. The van der Waals surface area contributed by atoms with E-state index in [-0.39, 0.29) is 18.0 Å². The third-order valence-electron chi connectivity index (χ3n) is 3.30. The first-order valence-corrected chi connectivity index (χ1v) is 7.42. The molecule has 0 aliphatic heterocycles. The van der Waals surface area contributed by atoms with Crippen molar-refractivity contribution >= 4 is 28.9 Å². The van der Waals surface area contributed by atoms with Gasteiger partial charge in [-0.25, -0.2) is 0 Å². The lowest BCUT2D eigenvalue weighted by Crippen LogP contribution is -2.12. The van der Waals surface area contributed by atoms with Gasteiger partial charge in [-0.05, 0) is 18.9 Å². The number of nitrogens with one attached hydrogen (secondary N) is 2. The van der Waals surface area contributed by atoms with Gasteiger partial charge in [0.25, 0.3) is 5.69 Å². The number of carbonyl (C=O) groups excluding carboxylic acids is 1. The minimum absolute atomic E-state index is 0.0898. The van der Waals surface area contributed by atoms with Gasteiger partial charge in [-0.1, -0.05) is 12.8 Å². The van der Waals surface area contributed by atoms with Crippen molar-refractivity contribution in [1.29, 1.82) is 0 Å². The molecule has 1 amide bonds. The molecule has 8 nitrogen and oxygen atoms in total. The lowest BCUT2D eigenvalue weighted by Gasteiger charge is -2.10. The van der Waals surface area contributed by atoms with Crippen LogP contribution in [-0.4, -0.2) is 29.0 Å². The summed E-state index contributed by atoms with van der Waals surface area (Å²) < 4.78 is 0. The van der Waals surface area contributed by atoms with E-state index in [0.717, 1.165) is 12.8 Å². The molecule has 0 radical (unpaired) electrons. The highest BCUT2D eigenvalue weighted by atomic mass is 16.6. The summed E-state index contributed by atoms with van der Waals surface area (Å²) >= 11 is 0. The Morgan fingerprint density at radius 1 is 1.13 bits per heavy atom. The number of carboxylic acid groups (broad SMARTS) is 1. The Kier molecular flexibility index (Phi) is 7.52. The number of non-ortho nitro benzene ring substituents is 1. The SMILES string of the molecule is CNc1ccc([N+](=O)[O-])cc1NC(=O)CCCCCCC(=O)O. The summed E-state index contributed by atoms with van der Waals surface area (Å²) in [6.07, 6.45) is 3.22. The Hall–Kier alpha value is -2.64. The quantitative estimate of drug-likeness (QED) is 0.346. The molecule has 0 saturated heterocycles. The molecular weight excluding hydrogens is 302 g/mol. The van der Waals surface area contributed by atoms with E-state index in [1.807, 2.05) is 0 Å². The zero-order valence-electron chi connectivity index (χ0n) is 13.0. The maximum atomic E-state index is 11.9. The van der Waals surface area contributed by atoms with E-state index in [1.165, 1.54) is 12.1 Å². The fraction of sp³-hybridized carbons (Fsp3) is 0.467. The summed E-state index contributed by atoms with van der Waals surface area (Å²) in [5, 5.41) is 24.8. The second-order valence-electron chi connectivity index (χ2n) is 5.09. The lowest BCUT2D eigenvalue weighted by atomic mass is 10.1. The number of nitro benzene ring substituents is 1. The Morgan fingerprint density at radius 2 is 1.78 bits per heavy atom. The third kappa shape index (κ3) is 6.77. The molecule has 0 fully saturated rings. The number of unbranched alkanes of at least 4 members (excludes halogenated alkanes) is 3. The number of benzene rings is 1. The van der Waals surface area contributed by atoms with Crippen molar-refractivity contribution < 1.29 is 19.6 Å². The van der Waals surface area contributed by atoms with Crippen LogP contribution in [0, 0.1) is 10.1 Å². The van der Waals surface area contributed by atoms with Gasteiger partial charge in [-0.3, -0.25) is 19.7 Å². The summed E-state index contributed by atoms with van der Waals surface area (Å²) in [5.74, 6) is -1.03. The molecule has 126 valence electrons. The first-order chi connectivity index (χ1) is 10.9. The van der Waals surface area contributed by atoms with Crippen LogP contribution in [0.25, 0.3) is 0 Å². The molecular formula is C15H21N3O5. The summed E-state index contributed by atoms with van der Waals surface area (Å²) in [5.41, 5.74) is 0.885. The van der Waals surface area contributed by atoms with Crippen molar-refractivity contribution in [2.45, 2.75) is 38.5 Å². The van der Waals surface area contributed by atoms with Crippen LogP contribution in [0.1, 0.15) is 38.5 Å². The summed E-state index contributed by atoms with van der Waals surface area (Å²) in [6, 6.07) is 4.22. The molecule has 0 aliphatic carbocycles. The van der Waals surface area contributed by atoms with E-state index in [4.69, 9.17) is 5.11 Å². The first-order valence-electron chi connectivity index (χ1n) is 7.42. The van der Waals surface area contributed by atoms with Crippen LogP contribution in [0.15, 0.2) is 18.2 Å². The molecule has 1 aromatic carbocycles. The van der Waals surface area contributed by atoms with Gasteiger partial charge in [-0.2, -0.15) is 0 Å². The summed E-state index contributed by atoms with van der Waals surface area (Å²) in [4.78, 5) is 32.5. The average molecular weight is 323 g/mol. The molecule has 0 bridgehead atoms. The van der Waals surface area contributed by atoms with Crippen molar-refractivity contribution in [3.05, 3.63) is 28.3 Å². The van der Waals surface area contributed by atoms with Crippen molar-refractivity contribution in [3.8, 4) is 0 Å². The van der Waals surface area contributed by atoms with Crippen LogP contribution in [0.3, 0.4) is 0 Å². The highest BCUT2D eigenvalue weighted by molar-refractivity contribution is 5.94. The number of hydrogen-bond donors (Lipinski definition) is 3. The maximum absolute atomic E-state index is 11.9. The van der Waals surface area contributed by atoms with E-state index in [2.05, 4.69) is 10.6 Å². The third-order valence-corrected chi connectivity index (χ3v) is 3.30. The number of rotatable bonds is 10. The molecule has 8 heteroatoms. The van der Waals surface area contributed by atoms with E-state index >= 15 is 0 Å². The van der Waals surface area contributed by atoms with Gasteiger partial charge in [0.05, 0.1) is 16.3 Å². The standard InChI is InChI=1S/C15H21N3O5/c1-16-12-9-8-11(18(22)23)10-13(12)17-14(19)6-4-2-3-5-7-15(20)21/h8-10,16H,2-7H2,1H3,(H,17,19)(H,20,21). The Labute approximate surface area is 134 Å². The molecule has 0 saturated carbocycles. The molecule has 0 heterocycles. The number of carbonyl (C=O) groups is 2. The largest absolute Gasteiger partial charge is 0.481 e. The second kappa shape index (κ2) is 9.39. The second-order valence-corrected chi connectivity index (χ2v) is 5.09. The maximum Gasteiger partial charge on any atom is 0.303 e. The van der Waals surface area contributed by atoms with E-state index < -0.39 is 10.9 Å². The van der Waals surface area contributed by atoms with E-state index in [1.54, 1.807) is 13.1 Å². The van der Waals surface area contributed by atoms with Crippen LogP contribution in [0.4, 0.5) is 17.1 Å². The molecule has 1 aromatic rings. The Bertz CT molecular complexity index is 574. The van der Waals surface area contributed by atoms with Gasteiger partial charge >= 0.3 is 5.97 Å². The molecule has 0 unspecified atom stereocenters. The fourth-order valence-corrected chi connectivity index (χ4v) is 2.10. The van der Waals surface area contributed by atoms with E-state index in [0.29, 0.717) is 30.6 Å². The lowest BCUT2D eigenvalue weighted by molar-refractivity contribution is -0.384. The van der Waals surface area contributed by atoms with Gasteiger partial charge in [-0.15, -0.1) is 0 Å². The van der Waals surface area contributed by atoms with Gasteiger partial charge in [0.2, 0.25) is 5.91 Å². The number of nitrogens with zero attached hydrogens (tertiary/aromatic N) is 1. The average Bonchev–Trinajstić information content (AvgIpc) is 2.50. The molecule has 0 aromatic heterocycles. The number of carboxylic acids is 1. The summed E-state index contributed by atoms with van der Waals surface area (Å²) in [6.45, 7) is 0. The van der Waals surface area contributed by atoms with Gasteiger partial charge < -0.3 is 15.7 Å². The Morgan fingerprint density at radius 3 is 2.35 bits per heavy atom. The summed E-state index contributed by atoms with van der Waals surface area (Å²) in [7, 11) is 1.67. The molecule has 3 N–H and O–H groups in total. The van der Waals surface area contributed by atoms with Gasteiger partial charge in [0.1, 0.15) is 0 Å². The molecule has 0 atom stereocenters. The minimum atomic E-state index is -0.812. The highest BCUT2D eigenvalue weighted by Crippen LogP contribution is 2.26. The highest BCUT2D eigenvalue weighted by Gasteiger charge is 2.12. The van der Waals surface area contributed by atoms with Crippen molar-refractivity contribution in [2.75, 3.05) is 17.7 Å². The number of aliphatic carboxylic acids is 1. The molecule has 0 aliphatic rings. The van der Waals surface area contributed by atoms with Crippen LogP contribution in [0.2, 0.25) is 0 Å². The predicted octanol–water partition coefficient (Wildman–Crippen LogP) is 3.00. The number of hydrogen-bond acceptors (Lipinski definition) is 5. The van der Waals surface area contributed by atoms with Crippen molar-refractivity contribution in [2.24, 2.45) is 0 Å². The molecule has 0 spiro atoms. The number of amides is 1. The normalized spacial score (nSPS) is 10.1. The zero-order valence-corrected chi connectivity index (χ0v) is 13.0. The number of nitro groups is 1. The van der Waals surface area contributed by atoms with Crippen molar-refractivity contribution in [3.63, 3.8) is 0 Å². The van der Waals surface area contributed by atoms with Gasteiger partial charge in [0.15, 0.2) is 0 Å². The fourth-order valence-electron chi connectivity index (χ4n) is 2.10. The smallest absolute Gasteiger partial charge is 0.303 e. The van der Waals surface area contributed by atoms with Crippen molar-refractivity contribution in [1.82, 2.24) is 0 Å². The van der Waals surface area contributed by atoms with Crippen LogP contribution >= 0.6 is 0 Å². The number of anilines is 2.